The summed E-state index contributed by atoms with van der Waals surface area (Å²) in [5, 5.41) is 0. The van der Waals surface area contributed by atoms with Crippen LogP contribution in [0.2, 0.25) is 0 Å². The Kier molecular flexibility index (Phi) is 6.93. The molecule has 1 aliphatic rings. The third kappa shape index (κ3) is 5.25. The number of quaternary nitrogens is 1. The molecular formula is C21H29N2O4S+. The second-order valence-corrected chi connectivity index (χ2v) is 9.03. The molecule has 0 bridgehead atoms. The largest absolute Gasteiger partial charge is 0.497 e. The van der Waals surface area contributed by atoms with E-state index in [0.29, 0.717) is 24.6 Å². The van der Waals surface area contributed by atoms with Gasteiger partial charge < -0.3 is 14.4 Å². The number of nitrogens with one attached hydrogen (secondary N) is 1. The number of methoxy groups -OCH3 is 1. The first-order valence-electron chi connectivity index (χ1n) is 9.66. The quantitative estimate of drug-likeness (QED) is 0.674. The first-order valence-corrected chi connectivity index (χ1v) is 11.1. The summed E-state index contributed by atoms with van der Waals surface area (Å²) in [6.07, 6.45) is 0.937. The Morgan fingerprint density at radius 3 is 2.18 bits per heavy atom. The number of hydrogen-bond donors (Lipinski definition) is 1. The van der Waals surface area contributed by atoms with Gasteiger partial charge in [0.05, 0.1) is 51.3 Å². The molecule has 2 aromatic carbocycles. The van der Waals surface area contributed by atoms with Crippen LogP contribution in [0.1, 0.15) is 12.0 Å². The molecule has 0 aliphatic carbocycles. The van der Waals surface area contributed by atoms with Gasteiger partial charge in [-0.3, -0.25) is 0 Å². The fraction of sp³-hybridized carbons (Fsp3) is 0.429. The van der Waals surface area contributed by atoms with Crippen molar-refractivity contribution in [3.8, 4) is 11.5 Å². The first-order chi connectivity index (χ1) is 13.5. The number of ether oxygens (including phenoxy) is 2. The summed E-state index contributed by atoms with van der Waals surface area (Å²) in [5.41, 5.74) is 1.06. The van der Waals surface area contributed by atoms with Crippen LogP contribution in [-0.2, 0) is 10.0 Å². The van der Waals surface area contributed by atoms with Gasteiger partial charge in [0, 0.05) is 6.42 Å². The maximum absolute atomic E-state index is 12.8. The van der Waals surface area contributed by atoms with Gasteiger partial charge in [-0.1, -0.05) is 17.7 Å². The summed E-state index contributed by atoms with van der Waals surface area (Å²) in [5.74, 6) is 1.65. The Morgan fingerprint density at radius 2 is 1.57 bits per heavy atom. The minimum absolute atomic E-state index is 0.384. The second kappa shape index (κ2) is 9.41. The molecule has 0 radical (unpaired) electrons. The van der Waals surface area contributed by atoms with Crippen LogP contribution in [-0.4, -0.2) is 59.2 Å². The molecule has 0 aromatic heterocycles. The molecule has 1 fully saturated rings. The number of nitrogens with zero attached hydrogens (tertiary/aromatic N) is 1. The zero-order valence-electron chi connectivity index (χ0n) is 16.6. The fourth-order valence-corrected chi connectivity index (χ4v) is 4.78. The topological polar surface area (TPSA) is 60.3 Å². The highest BCUT2D eigenvalue weighted by Crippen LogP contribution is 2.17. The van der Waals surface area contributed by atoms with Crippen molar-refractivity contribution < 1.29 is 22.8 Å². The van der Waals surface area contributed by atoms with Gasteiger partial charge >= 0.3 is 0 Å². The summed E-state index contributed by atoms with van der Waals surface area (Å²) in [6, 6.07) is 14.7. The molecule has 1 saturated heterocycles. The van der Waals surface area contributed by atoms with E-state index in [-0.39, 0.29) is 0 Å². The Labute approximate surface area is 167 Å². The molecule has 7 heteroatoms. The SMILES string of the molecule is COc1ccc(OCCC[NH+]2CCN(S(=O)(=O)c3ccc(C)cc3)CC2)cc1. The van der Waals surface area contributed by atoms with Crippen molar-refractivity contribution in [2.24, 2.45) is 0 Å². The zero-order chi connectivity index (χ0) is 20.0. The maximum Gasteiger partial charge on any atom is 0.243 e. The average Bonchev–Trinajstić information content (AvgIpc) is 2.72. The predicted octanol–water partition coefficient (Wildman–Crippen LogP) is 1.36. The van der Waals surface area contributed by atoms with Crippen molar-refractivity contribution in [2.75, 3.05) is 46.4 Å². The van der Waals surface area contributed by atoms with Crippen molar-refractivity contribution >= 4 is 10.0 Å². The molecule has 0 amide bonds. The van der Waals surface area contributed by atoms with Crippen LogP contribution >= 0.6 is 0 Å². The normalized spacial score (nSPS) is 16.1. The van der Waals surface area contributed by atoms with Crippen LogP contribution in [0.15, 0.2) is 53.4 Å². The lowest BCUT2D eigenvalue weighted by Gasteiger charge is -2.31. The van der Waals surface area contributed by atoms with E-state index in [1.807, 2.05) is 43.3 Å². The van der Waals surface area contributed by atoms with E-state index < -0.39 is 10.0 Å². The minimum Gasteiger partial charge on any atom is -0.497 e. The van der Waals surface area contributed by atoms with E-state index in [2.05, 4.69) is 0 Å². The van der Waals surface area contributed by atoms with Gasteiger partial charge in [-0.2, -0.15) is 4.31 Å². The van der Waals surface area contributed by atoms with Crippen LogP contribution < -0.4 is 14.4 Å². The van der Waals surface area contributed by atoms with Crippen LogP contribution in [0.4, 0.5) is 0 Å². The summed E-state index contributed by atoms with van der Waals surface area (Å²) < 4.78 is 38.0. The predicted molar refractivity (Wildman–Crippen MR) is 109 cm³/mol. The number of hydrogen-bond acceptors (Lipinski definition) is 4. The molecule has 28 heavy (non-hydrogen) atoms. The molecule has 0 atom stereocenters. The van der Waals surface area contributed by atoms with Gasteiger partial charge in [0.15, 0.2) is 0 Å². The average molecular weight is 406 g/mol. The highest BCUT2D eigenvalue weighted by molar-refractivity contribution is 7.89. The Bertz CT molecular complexity index is 843. The van der Waals surface area contributed by atoms with Gasteiger partial charge in [-0.25, -0.2) is 8.42 Å². The maximum atomic E-state index is 12.8. The van der Waals surface area contributed by atoms with Crippen molar-refractivity contribution in [3.05, 3.63) is 54.1 Å². The molecule has 1 heterocycles. The minimum atomic E-state index is -3.38. The fourth-order valence-electron chi connectivity index (χ4n) is 3.34. The third-order valence-corrected chi connectivity index (χ3v) is 7.00. The second-order valence-electron chi connectivity index (χ2n) is 7.09. The van der Waals surface area contributed by atoms with Crippen molar-refractivity contribution in [1.29, 1.82) is 0 Å². The highest BCUT2D eigenvalue weighted by Gasteiger charge is 2.30. The molecule has 6 nitrogen and oxygen atoms in total. The van der Waals surface area contributed by atoms with E-state index in [0.717, 1.165) is 43.1 Å². The first kappa shape index (κ1) is 20.6. The van der Waals surface area contributed by atoms with Gasteiger partial charge in [-0.15, -0.1) is 0 Å². The molecule has 2 aromatic rings. The Morgan fingerprint density at radius 1 is 0.964 bits per heavy atom. The van der Waals surface area contributed by atoms with Gasteiger partial charge in [0.2, 0.25) is 10.0 Å². The van der Waals surface area contributed by atoms with Crippen LogP contribution in [0.5, 0.6) is 11.5 Å². The number of rotatable bonds is 8. The highest BCUT2D eigenvalue weighted by atomic mass is 32.2. The molecule has 0 unspecified atom stereocenters. The smallest absolute Gasteiger partial charge is 0.243 e. The lowest BCUT2D eigenvalue weighted by molar-refractivity contribution is -0.903. The van der Waals surface area contributed by atoms with E-state index in [9.17, 15) is 8.42 Å². The number of aryl methyl sites for hydroxylation is 1. The molecule has 1 N–H and O–H groups in total. The van der Waals surface area contributed by atoms with E-state index >= 15 is 0 Å². The summed E-state index contributed by atoms with van der Waals surface area (Å²) in [4.78, 5) is 1.81. The molecule has 1 aliphatic heterocycles. The van der Waals surface area contributed by atoms with Crippen LogP contribution in [0.3, 0.4) is 0 Å². The standard InChI is InChI=1S/C21H28N2O4S/c1-18-4-10-21(11-5-18)28(24,25)23-15-13-22(14-16-23)12-3-17-27-20-8-6-19(26-2)7-9-20/h4-11H,3,12-17H2,1-2H3/p+1. The van der Waals surface area contributed by atoms with Gasteiger partial charge in [-0.05, 0) is 43.3 Å². The van der Waals surface area contributed by atoms with E-state index in [4.69, 9.17) is 9.47 Å². The zero-order valence-corrected chi connectivity index (χ0v) is 17.4. The Hall–Kier alpha value is -2.09. The number of benzene rings is 2. The number of sulfonamides is 1. The molecule has 152 valence electrons. The summed E-state index contributed by atoms with van der Waals surface area (Å²) >= 11 is 0. The van der Waals surface area contributed by atoms with Gasteiger partial charge in [0.1, 0.15) is 11.5 Å². The summed E-state index contributed by atoms with van der Waals surface area (Å²) in [6.45, 7) is 6.36. The Balaban J connectivity index is 1.40. The van der Waals surface area contributed by atoms with E-state index in [1.54, 1.807) is 23.5 Å². The monoisotopic (exact) mass is 405 g/mol. The summed E-state index contributed by atoms with van der Waals surface area (Å²) in [7, 11) is -1.74. The molecular weight excluding hydrogens is 376 g/mol. The van der Waals surface area contributed by atoms with Gasteiger partial charge in [0.25, 0.3) is 0 Å². The van der Waals surface area contributed by atoms with Crippen LogP contribution in [0, 0.1) is 6.92 Å². The van der Waals surface area contributed by atoms with Crippen molar-refractivity contribution in [1.82, 2.24) is 4.31 Å². The molecule has 0 saturated carbocycles. The van der Waals surface area contributed by atoms with Crippen molar-refractivity contribution in [2.45, 2.75) is 18.2 Å². The third-order valence-electron chi connectivity index (χ3n) is 5.09. The van der Waals surface area contributed by atoms with Crippen molar-refractivity contribution in [3.63, 3.8) is 0 Å². The molecule has 0 spiro atoms. The lowest BCUT2D eigenvalue weighted by atomic mass is 10.2. The van der Waals surface area contributed by atoms with Crippen LogP contribution in [0.25, 0.3) is 0 Å². The molecule has 3 rings (SSSR count). The van der Waals surface area contributed by atoms with E-state index in [1.165, 1.54) is 4.90 Å². The number of piperazine rings is 1. The lowest BCUT2D eigenvalue weighted by Crippen LogP contribution is -3.14.